The average Bonchev–Trinajstić information content (AvgIpc) is 2.78. The molecule has 1 aromatic heterocycles. The van der Waals surface area contributed by atoms with Crippen LogP contribution in [0.3, 0.4) is 0 Å². The monoisotopic (exact) mass is 440 g/mol. The SMILES string of the molecule is Cc1ccc(NC(=O)Cn2ncc3ccccc3c2=O)cc1S(=O)(=O)N1CCCCC1. The summed E-state index contributed by atoms with van der Waals surface area (Å²) < 4.78 is 28.7. The van der Waals surface area contributed by atoms with Crippen LogP contribution in [0.4, 0.5) is 5.69 Å². The van der Waals surface area contributed by atoms with E-state index in [0.29, 0.717) is 35.1 Å². The molecule has 1 fully saturated rings. The minimum atomic E-state index is -3.63. The van der Waals surface area contributed by atoms with Crippen LogP contribution in [0.25, 0.3) is 10.8 Å². The number of nitrogens with zero attached hydrogens (tertiary/aromatic N) is 3. The lowest BCUT2D eigenvalue weighted by Gasteiger charge is -2.26. The van der Waals surface area contributed by atoms with Crippen molar-refractivity contribution in [3.63, 3.8) is 0 Å². The predicted octanol–water partition coefficient (Wildman–Crippen LogP) is 2.52. The van der Waals surface area contributed by atoms with Crippen LogP contribution in [0.15, 0.2) is 58.4 Å². The second-order valence-electron chi connectivity index (χ2n) is 7.69. The number of carbonyl (C=O) groups excluding carboxylic acids is 1. The van der Waals surface area contributed by atoms with Gasteiger partial charge >= 0.3 is 0 Å². The van der Waals surface area contributed by atoms with Crippen molar-refractivity contribution >= 4 is 32.4 Å². The van der Waals surface area contributed by atoms with Crippen LogP contribution in [0.5, 0.6) is 0 Å². The van der Waals surface area contributed by atoms with E-state index in [2.05, 4.69) is 10.4 Å². The molecule has 0 atom stereocenters. The Morgan fingerprint density at radius 3 is 2.61 bits per heavy atom. The molecular weight excluding hydrogens is 416 g/mol. The molecule has 9 heteroatoms. The normalized spacial score (nSPS) is 15.1. The molecule has 0 saturated carbocycles. The van der Waals surface area contributed by atoms with Crippen LogP contribution in [0.2, 0.25) is 0 Å². The van der Waals surface area contributed by atoms with Gasteiger partial charge in [-0.25, -0.2) is 13.1 Å². The first-order valence-corrected chi connectivity index (χ1v) is 11.7. The number of nitrogens with one attached hydrogen (secondary N) is 1. The zero-order chi connectivity index (χ0) is 22.0. The summed E-state index contributed by atoms with van der Waals surface area (Å²) in [5.41, 5.74) is 0.626. The summed E-state index contributed by atoms with van der Waals surface area (Å²) in [6.07, 6.45) is 4.27. The molecule has 162 valence electrons. The molecule has 1 aliphatic rings. The Morgan fingerprint density at radius 1 is 1.10 bits per heavy atom. The van der Waals surface area contributed by atoms with Crippen LogP contribution in [0.1, 0.15) is 24.8 Å². The Hall–Kier alpha value is -3.04. The molecule has 4 rings (SSSR count). The standard InChI is InChI=1S/C22H24N4O4S/c1-16-9-10-18(13-20(16)31(29,30)25-11-5-2-6-12-25)24-21(27)15-26-22(28)19-8-4-3-7-17(19)14-23-26/h3-4,7-10,13-14H,2,5-6,11-12,15H2,1H3,(H,24,27). The van der Waals surface area contributed by atoms with E-state index in [1.54, 1.807) is 43.5 Å². The fraction of sp³-hybridized carbons (Fsp3) is 0.318. The van der Waals surface area contributed by atoms with E-state index < -0.39 is 15.9 Å². The quantitative estimate of drug-likeness (QED) is 0.657. The Labute approximate surface area is 180 Å². The summed E-state index contributed by atoms with van der Waals surface area (Å²) in [6, 6.07) is 11.8. The van der Waals surface area contributed by atoms with Crippen molar-refractivity contribution in [2.24, 2.45) is 0 Å². The van der Waals surface area contributed by atoms with Gasteiger partial charge in [0.2, 0.25) is 15.9 Å². The van der Waals surface area contributed by atoms with Gasteiger partial charge in [-0.1, -0.05) is 30.7 Å². The highest BCUT2D eigenvalue weighted by Gasteiger charge is 2.27. The number of carbonyl (C=O) groups is 1. The first-order chi connectivity index (χ1) is 14.9. The molecule has 0 unspecified atom stereocenters. The van der Waals surface area contributed by atoms with Gasteiger partial charge in [0, 0.05) is 24.2 Å². The number of aryl methyl sites for hydroxylation is 1. The number of sulfonamides is 1. The van der Waals surface area contributed by atoms with Crippen molar-refractivity contribution in [1.82, 2.24) is 14.1 Å². The van der Waals surface area contributed by atoms with Gasteiger partial charge in [-0.3, -0.25) is 9.59 Å². The van der Waals surface area contributed by atoms with Gasteiger partial charge in [-0.15, -0.1) is 0 Å². The van der Waals surface area contributed by atoms with Gasteiger partial charge in [0.25, 0.3) is 5.56 Å². The fourth-order valence-electron chi connectivity index (χ4n) is 3.78. The molecule has 0 bridgehead atoms. The number of hydrogen-bond acceptors (Lipinski definition) is 5. The molecule has 1 aliphatic heterocycles. The van der Waals surface area contributed by atoms with Crippen LogP contribution in [-0.2, 0) is 21.4 Å². The number of hydrogen-bond donors (Lipinski definition) is 1. The van der Waals surface area contributed by atoms with E-state index in [1.807, 2.05) is 6.07 Å². The molecule has 31 heavy (non-hydrogen) atoms. The second kappa shape index (κ2) is 8.60. The maximum absolute atomic E-state index is 13.1. The first-order valence-electron chi connectivity index (χ1n) is 10.2. The minimum absolute atomic E-state index is 0.188. The number of fused-ring (bicyclic) bond motifs is 1. The molecule has 3 aromatic rings. The Bertz CT molecular complexity index is 1290. The number of piperidine rings is 1. The first kappa shape index (κ1) is 21.2. The predicted molar refractivity (Wildman–Crippen MR) is 118 cm³/mol. The van der Waals surface area contributed by atoms with Gasteiger partial charge in [0.1, 0.15) is 6.54 Å². The molecule has 0 spiro atoms. The highest BCUT2D eigenvalue weighted by Crippen LogP contribution is 2.26. The topological polar surface area (TPSA) is 101 Å². The smallest absolute Gasteiger partial charge is 0.275 e. The van der Waals surface area contributed by atoms with Crippen molar-refractivity contribution in [3.05, 3.63) is 64.6 Å². The molecule has 2 heterocycles. The third-order valence-electron chi connectivity index (χ3n) is 5.46. The molecule has 2 aromatic carbocycles. The summed E-state index contributed by atoms with van der Waals surface area (Å²) in [4.78, 5) is 25.3. The molecule has 1 saturated heterocycles. The van der Waals surface area contributed by atoms with E-state index in [4.69, 9.17) is 0 Å². The second-order valence-corrected chi connectivity index (χ2v) is 9.59. The zero-order valence-electron chi connectivity index (χ0n) is 17.2. The Kier molecular flexibility index (Phi) is 5.88. The molecule has 0 radical (unpaired) electrons. The molecule has 1 N–H and O–H groups in total. The maximum Gasteiger partial charge on any atom is 0.275 e. The number of rotatable bonds is 5. The number of aromatic nitrogens is 2. The van der Waals surface area contributed by atoms with Crippen LogP contribution >= 0.6 is 0 Å². The molecule has 8 nitrogen and oxygen atoms in total. The minimum Gasteiger partial charge on any atom is -0.324 e. The van der Waals surface area contributed by atoms with E-state index >= 15 is 0 Å². The van der Waals surface area contributed by atoms with Crippen molar-refractivity contribution < 1.29 is 13.2 Å². The van der Waals surface area contributed by atoms with Crippen LogP contribution in [0, 0.1) is 6.92 Å². The zero-order valence-corrected chi connectivity index (χ0v) is 18.1. The van der Waals surface area contributed by atoms with E-state index in [1.165, 1.54) is 10.4 Å². The van der Waals surface area contributed by atoms with Crippen molar-refractivity contribution in [3.8, 4) is 0 Å². The lowest BCUT2D eigenvalue weighted by Crippen LogP contribution is -2.36. The maximum atomic E-state index is 13.1. The van der Waals surface area contributed by atoms with Gasteiger partial charge in [-0.05, 0) is 43.5 Å². The Balaban J connectivity index is 1.55. The van der Waals surface area contributed by atoms with Gasteiger partial charge in [0.05, 0.1) is 16.5 Å². The average molecular weight is 441 g/mol. The third kappa shape index (κ3) is 4.38. The highest BCUT2D eigenvalue weighted by molar-refractivity contribution is 7.89. The fourth-order valence-corrected chi connectivity index (χ4v) is 5.54. The summed E-state index contributed by atoms with van der Waals surface area (Å²) in [5.74, 6) is -0.463. The molecule has 0 aliphatic carbocycles. The van der Waals surface area contributed by atoms with Gasteiger partial charge in [-0.2, -0.15) is 9.40 Å². The largest absolute Gasteiger partial charge is 0.324 e. The van der Waals surface area contributed by atoms with Gasteiger partial charge < -0.3 is 5.32 Å². The number of anilines is 1. The van der Waals surface area contributed by atoms with Crippen LogP contribution < -0.4 is 10.9 Å². The van der Waals surface area contributed by atoms with E-state index in [-0.39, 0.29) is 17.0 Å². The van der Waals surface area contributed by atoms with Crippen molar-refractivity contribution in [2.45, 2.75) is 37.6 Å². The van der Waals surface area contributed by atoms with Crippen molar-refractivity contribution in [2.75, 3.05) is 18.4 Å². The number of benzene rings is 2. The van der Waals surface area contributed by atoms with Gasteiger partial charge in [0.15, 0.2) is 0 Å². The van der Waals surface area contributed by atoms with Crippen molar-refractivity contribution in [1.29, 1.82) is 0 Å². The number of amides is 1. The molecular formula is C22H24N4O4S. The lowest BCUT2D eigenvalue weighted by molar-refractivity contribution is -0.117. The van der Waals surface area contributed by atoms with E-state index in [9.17, 15) is 18.0 Å². The Morgan fingerprint density at radius 2 is 1.84 bits per heavy atom. The van der Waals surface area contributed by atoms with E-state index in [0.717, 1.165) is 23.9 Å². The highest BCUT2D eigenvalue weighted by atomic mass is 32.2. The molecule has 1 amide bonds. The lowest BCUT2D eigenvalue weighted by atomic mass is 10.2. The summed E-state index contributed by atoms with van der Waals surface area (Å²) in [5, 5.41) is 7.93. The third-order valence-corrected chi connectivity index (χ3v) is 7.50. The van der Waals surface area contributed by atoms with Crippen LogP contribution in [-0.4, -0.2) is 41.5 Å². The summed E-state index contributed by atoms with van der Waals surface area (Å²) in [7, 11) is -3.63. The summed E-state index contributed by atoms with van der Waals surface area (Å²) in [6.45, 7) is 2.48. The summed E-state index contributed by atoms with van der Waals surface area (Å²) >= 11 is 0.